The maximum Gasteiger partial charge on any atom is 0.406 e. The number of amides is 1. The van der Waals surface area contributed by atoms with Crippen molar-refractivity contribution in [2.24, 2.45) is 0 Å². The third kappa shape index (κ3) is 4.66. The second kappa shape index (κ2) is 7.06. The van der Waals surface area contributed by atoms with Crippen LogP contribution < -0.4 is 4.90 Å². The molecule has 25 heavy (non-hydrogen) atoms. The summed E-state index contributed by atoms with van der Waals surface area (Å²) >= 11 is 5.81. The quantitative estimate of drug-likeness (QED) is 0.445. The average Bonchev–Trinajstić information content (AvgIpc) is 2.52. The standard InChI is InChI=1S/C15H9ClF4N2O3/c16-13-6-5-11(22(24)25)7-12(13)14(23)21(8-15(18,19)20)10-3-1-9(17)2-4-10/h1-7H,8H2. The predicted molar refractivity (Wildman–Crippen MR) is 82.2 cm³/mol. The molecule has 0 spiro atoms. The molecule has 132 valence electrons. The monoisotopic (exact) mass is 376 g/mol. The molecule has 2 aromatic rings. The van der Waals surface area contributed by atoms with Crippen LogP contribution in [-0.4, -0.2) is 23.6 Å². The number of carbonyl (C=O) groups excluding carboxylic acids is 1. The molecule has 0 fully saturated rings. The van der Waals surface area contributed by atoms with Crippen molar-refractivity contribution in [1.82, 2.24) is 0 Å². The summed E-state index contributed by atoms with van der Waals surface area (Å²) in [6.07, 6.45) is -4.75. The topological polar surface area (TPSA) is 63.4 Å². The Labute approximate surface area is 143 Å². The zero-order valence-electron chi connectivity index (χ0n) is 12.3. The first-order valence-corrected chi connectivity index (χ1v) is 7.04. The van der Waals surface area contributed by atoms with Crippen molar-refractivity contribution in [2.75, 3.05) is 11.4 Å². The number of benzene rings is 2. The van der Waals surface area contributed by atoms with Crippen LogP contribution in [0.15, 0.2) is 42.5 Å². The summed E-state index contributed by atoms with van der Waals surface area (Å²) in [4.78, 5) is 22.9. The summed E-state index contributed by atoms with van der Waals surface area (Å²) in [5.41, 5.74) is -1.20. The molecule has 0 heterocycles. The second-order valence-corrected chi connectivity index (χ2v) is 5.31. The van der Waals surface area contributed by atoms with Crippen LogP contribution in [0.3, 0.4) is 0 Å². The van der Waals surface area contributed by atoms with E-state index in [1.165, 1.54) is 0 Å². The fraction of sp³-hybridized carbons (Fsp3) is 0.133. The molecule has 0 unspecified atom stereocenters. The van der Waals surface area contributed by atoms with E-state index in [1.54, 1.807) is 0 Å². The number of rotatable bonds is 4. The number of non-ortho nitro benzene ring substituents is 1. The Hall–Kier alpha value is -2.68. The molecule has 10 heteroatoms. The van der Waals surface area contributed by atoms with Crippen LogP contribution in [0.25, 0.3) is 0 Å². The minimum Gasteiger partial charge on any atom is -0.299 e. The summed E-state index contributed by atoms with van der Waals surface area (Å²) in [5, 5.41) is 10.6. The van der Waals surface area contributed by atoms with Crippen LogP contribution >= 0.6 is 11.6 Å². The van der Waals surface area contributed by atoms with E-state index in [9.17, 15) is 32.5 Å². The van der Waals surface area contributed by atoms with E-state index < -0.39 is 40.6 Å². The lowest BCUT2D eigenvalue weighted by molar-refractivity contribution is -0.384. The molecule has 5 nitrogen and oxygen atoms in total. The van der Waals surface area contributed by atoms with Gasteiger partial charge in [-0.2, -0.15) is 13.2 Å². The highest BCUT2D eigenvalue weighted by atomic mass is 35.5. The molecule has 1 amide bonds. The van der Waals surface area contributed by atoms with Gasteiger partial charge < -0.3 is 0 Å². The number of hydrogen-bond donors (Lipinski definition) is 0. The Morgan fingerprint density at radius 2 is 1.76 bits per heavy atom. The number of anilines is 1. The Morgan fingerprint density at radius 3 is 2.28 bits per heavy atom. The molecule has 0 saturated carbocycles. The summed E-state index contributed by atoms with van der Waals surface area (Å²) in [5.74, 6) is -1.89. The Kier molecular flexibility index (Phi) is 5.27. The van der Waals surface area contributed by atoms with E-state index in [2.05, 4.69) is 0 Å². The predicted octanol–water partition coefficient (Wildman–Crippen LogP) is 4.60. The maximum atomic E-state index is 13.0. The molecule has 0 aliphatic carbocycles. The van der Waals surface area contributed by atoms with Crippen molar-refractivity contribution in [3.63, 3.8) is 0 Å². The Balaban J connectivity index is 2.50. The van der Waals surface area contributed by atoms with Gasteiger partial charge in [-0.15, -0.1) is 0 Å². The minimum absolute atomic E-state index is 0.230. The molecule has 0 bridgehead atoms. The Bertz CT molecular complexity index is 809. The van der Waals surface area contributed by atoms with Crippen LogP contribution in [0.4, 0.5) is 28.9 Å². The molecule has 0 saturated heterocycles. The second-order valence-electron chi connectivity index (χ2n) is 4.90. The van der Waals surface area contributed by atoms with Gasteiger partial charge in [0.05, 0.1) is 15.5 Å². The first-order chi connectivity index (χ1) is 11.6. The lowest BCUT2D eigenvalue weighted by atomic mass is 10.1. The van der Waals surface area contributed by atoms with Gasteiger partial charge >= 0.3 is 6.18 Å². The molecule has 0 aliphatic rings. The zero-order valence-corrected chi connectivity index (χ0v) is 13.0. The lowest BCUT2D eigenvalue weighted by Gasteiger charge is -2.24. The van der Waals surface area contributed by atoms with E-state index in [0.29, 0.717) is 4.90 Å². The number of hydrogen-bond acceptors (Lipinski definition) is 3. The smallest absolute Gasteiger partial charge is 0.299 e. The van der Waals surface area contributed by atoms with Crippen LogP contribution in [0, 0.1) is 15.9 Å². The highest BCUT2D eigenvalue weighted by Crippen LogP contribution is 2.28. The van der Waals surface area contributed by atoms with Crippen molar-refractivity contribution in [3.05, 3.63) is 69.0 Å². The molecule has 0 aliphatic heterocycles. The number of alkyl halides is 3. The van der Waals surface area contributed by atoms with E-state index in [1.807, 2.05) is 0 Å². The van der Waals surface area contributed by atoms with Crippen molar-refractivity contribution in [1.29, 1.82) is 0 Å². The van der Waals surface area contributed by atoms with Crippen LogP contribution in [0.2, 0.25) is 5.02 Å². The molecule has 0 aromatic heterocycles. The Morgan fingerprint density at radius 1 is 1.16 bits per heavy atom. The van der Waals surface area contributed by atoms with Gasteiger partial charge in [0.25, 0.3) is 11.6 Å². The fourth-order valence-electron chi connectivity index (χ4n) is 2.02. The largest absolute Gasteiger partial charge is 0.406 e. The van der Waals surface area contributed by atoms with Crippen LogP contribution in [0.1, 0.15) is 10.4 Å². The highest BCUT2D eigenvalue weighted by molar-refractivity contribution is 6.34. The van der Waals surface area contributed by atoms with E-state index >= 15 is 0 Å². The van der Waals surface area contributed by atoms with E-state index in [-0.39, 0.29) is 10.7 Å². The third-order valence-corrected chi connectivity index (χ3v) is 3.44. The number of nitro groups is 1. The summed E-state index contributed by atoms with van der Waals surface area (Å²) in [7, 11) is 0. The molecule has 2 rings (SSSR count). The SMILES string of the molecule is O=C(c1cc([N+](=O)[O-])ccc1Cl)N(CC(F)(F)F)c1ccc(F)cc1. The summed E-state index contributed by atoms with van der Waals surface area (Å²) in [6.45, 7) is -1.67. The maximum absolute atomic E-state index is 13.0. The van der Waals surface area contributed by atoms with Gasteiger partial charge in [0.1, 0.15) is 12.4 Å². The van der Waals surface area contributed by atoms with Gasteiger partial charge in [-0.25, -0.2) is 4.39 Å². The third-order valence-electron chi connectivity index (χ3n) is 3.11. The zero-order chi connectivity index (χ0) is 18.8. The average molecular weight is 377 g/mol. The van der Waals surface area contributed by atoms with Crippen molar-refractivity contribution >= 4 is 28.9 Å². The summed E-state index contributed by atoms with van der Waals surface area (Å²) in [6, 6.07) is 6.61. The molecule has 0 atom stereocenters. The van der Waals surface area contributed by atoms with Crippen LogP contribution in [-0.2, 0) is 0 Å². The van der Waals surface area contributed by atoms with Gasteiger partial charge in [-0.1, -0.05) is 11.6 Å². The van der Waals surface area contributed by atoms with Gasteiger partial charge in [-0.05, 0) is 30.3 Å². The lowest BCUT2D eigenvalue weighted by Crippen LogP contribution is -2.39. The van der Waals surface area contributed by atoms with Crippen molar-refractivity contribution < 1.29 is 27.3 Å². The number of carbonyl (C=O) groups is 1. The number of nitrogens with zero attached hydrogens (tertiary/aromatic N) is 2. The fourth-order valence-corrected chi connectivity index (χ4v) is 2.22. The minimum atomic E-state index is -4.75. The van der Waals surface area contributed by atoms with Crippen molar-refractivity contribution in [3.8, 4) is 0 Å². The first-order valence-electron chi connectivity index (χ1n) is 6.66. The first kappa shape index (κ1) is 18.7. The molecular weight excluding hydrogens is 368 g/mol. The molecular formula is C15H9ClF4N2O3. The van der Waals surface area contributed by atoms with Gasteiger partial charge in [0, 0.05) is 17.8 Å². The van der Waals surface area contributed by atoms with Gasteiger partial charge in [0.2, 0.25) is 0 Å². The normalized spacial score (nSPS) is 11.2. The van der Waals surface area contributed by atoms with E-state index in [0.717, 1.165) is 42.5 Å². The summed E-state index contributed by atoms with van der Waals surface area (Å²) < 4.78 is 51.5. The number of nitro benzene ring substituents is 1. The molecule has 0 N–H and O–H groups in total. The van der Waals surface area contributed by atoms with Crippen molar-refractivity contribution in [2.45, 2.75) is 6.18 Å². The van der Waals surface area contributed by atoms with Crippen LogP contribution in [0.5, 0.6) is 0 Å². The van der Waals surface area contributed by atoms with Gasteiger partial charge in [0.15, 0.2) is 0 Å². The van der Waals surface area contributed by atoms with Gasteiger partial charge in [-0.3, -0.25) is 19.8 Å². The number of halogens is 5. The molecule has 2 aromatic carbocycles. The highest BCUT2D eigenvalue weighted by Gasteiger charge is 2.35. The molecule has 0 radical (unpaired) electrons. The van der Waals surface area contributed by atoms with E-state index in [4.69, 9.17) is 11.6 Å².